The minimum absolute atomic E-state index is 0.618. The van der Waals surface area contributed by atoms with Crippen molar-refractivity contribution in [3.8, 4) is 0 Å². The monoisotopic (exact) mass is 305 g/mol. The molecule has 1 aromatic carbocycles. The Morgan fingerprint density at radius 1 is 1.17 bits per heavy atom. The lowest BCUT2D eigenvalue weighted by molar-refractivity contribution is 0.281. The van der Waals surface area contributed by atoms with E-state index >= 15 is 0 Å². The summed E-state index contributed by atoms with van der Waals surface area (Å²) in [6.07, 6.45) is 4.15. The predicted octanol–water partition coefficient (Wildman–Crippen LogP) is 4.08. The van der Waals surface area contributed by atoms with Crippen LogP contribution < -0.4 is 5.32 Å². The second kappa shape index (κ2) is 5.29. The van der Waals surface area contributed by atoms with E-state index in [4.69, 9.17) is 4.42 Å². The molecule has 18 heavy (non-hydrogen) atoms. The van der Waals surface area contributed by atoms with E-state index in [1.807, 2.05) is 12.1 Å². The average molecular weight is 306 g/mol. The summed E-state index contributed by atoms with van der Waals surface area (Å²) in [6, 6.07) is 13.1. The molecule has 0 atom stereocenters. The Kier molecular flexibility index (Phi) is 3.52. The van der Waals surface area contributed by atoms with Crippen LogP contribution in [0.4, 0.5) is 0 Å². The number of nitrogens with one attached hydrogen (secondary N) is 1. The third-order valence-corrected chi connectivity index (χ3v) is 4.35. The summed E-state index contributed by atoms with van der Waals surface area (Å²) >= 11 is 3.63. The lowest BCUT2D eigenvalue weighted by Gasteiger charge is -2.36. The second-order valence-electron chi connectivity index (χ2n) is 4.85. The Hall–Kier alpha value is -1.06. The first kappa shape index (κ1) is 12.0. The van der Waals surface area contributed by atoms with Crippen LogP contribution >= 0.6 is 15.9 Å². The Morgan fingerprint density at radius 2 is 2.00 bits per heavy atom. The van der Waals surface area contributed by atoms with Crippen LogP contribution in [0.5, 0.6) is 0 Å². The summed E-state index contributed by atoms with van der Waals surface area (Å²) < 4.78 is 6.55. The van der Waals surface area contributed by atoms with Crippen LogP contribution in [-0.2, 0) is 6.54 Å². The SMILES string of the molecule is Brc1ccccc1C1CC(NCc2ccco2)C1. The summed E-state index contributed by atoms with van der Waals surface area (Å²) in [5.41, 5.74) is 1.44. The normalized spacial score (nSPS) is 22.7. The largest absolute Gasteiger partial charge is 0.468 e. The van der Waals surface area contributed by atoms with E-state index in [9.17, 15) is 0 Å². The standard InChI is InChI=1S/C15H16BrNO/c16-15-6-2-1-5-14(15)11-8-12(9-11)17-10-13-4-3-7-18-13/h1-7,11-12,17H,8-10H2. The Morgan fingerprint density at radius 3 is 2.72 bits per heavy atom. The minimum Gasteiger partial charge on any atom is -0.468 e. The molecule has 1 aromatic heterocycles. The molecule has 1 fully saturated rings. The van der Waals surface area contributed by atoms with Gasteiger partial charge in [-0.3, -0.25) is 0 Å². The minimum atomic E-state index is 0.618. The summed E-state index contributed by atoms with van der Waals surface area (Å²) in [5.74, 6) is 1.70. The van der Waals surface area contributed by atoms with Crippen LogP contribution in [0.25, 0.3) is 0 Å². The van der Waals surface area contributed by atoms with Gasteiger partial charge in [-0.15, -0.1) is 0 Å². The molecule has 0 unspecified atom stereocenters. The zero-order valence-electron chi connectivity index (χ0n) is 10.1. The molecule has 1 N–H and O–H groups in total. The lowest BCUT2D eigenvalue weighted by Crippen LogP contribution is -2.39. The quantitative estimate of drug-likeness (QED) is 0.921. The van der Waals surface area contributed by atoms with Crippen molar-refractivity contribution in [1.82, 2.24) is 5.32 Å². The van der Waals surface area contributed by atoms with Crippen molar-refractivity contribution in [2.24, 2.45) is 0 Å². The summed E-state index contributed by atoms with van der Waals surface area (Å²) in [6.45, 7) is 0.834. The van der Waals surface area contributed by atoms with E-state index in [2.05, 4.69) is 45.5 Å². The number of furan rings is 1. The lowest BCUT2D eigenvalue weighted by atomic mass is 9.76. The first-order chi connectivity index (χ1) is 8.83. The Balaban J connectivity index is 1.50. The van der Waals surface area contributed by atoms with E-state index in [1.165, 1.54) is 22.9 Å². The van der Waals surface area contributed by atoms with Crippen molar-refractivity contribution in [3.05, 3.63) is 58.5 Å². The van der Waals surface area contributed by atoms with Gasteiger partial charge in [0.25, 0.3) is 0 Å². The van der Waals surface area contributed by atoms with Crippen LogP contribution in [-0.4, -0.2) is 6.04 Å². The topological polar surface area (TPSA) is 25.2 Å². The molecule has 3 heteroatoms. The molecule has 0 saturated heterocycles. The van der Waals surface area contributed by atoms with Gasteiger partial charge in [0.1, 0.15) is 5.76 Å². The molecule has 1 aliphatic rings. The van der Waals surface area contributed by atoms with Gasteiger partial charge < -0.3 is 9.73 Å². The third kappa shape index (κ3) is 2.52. The van der Waals surface area contributed by atoms with Gasteiger partial charge in [-0.05, 0) is 42.5 Å². The number of hydrogen-bond donors (Lipinski definition) is 1. The van der Waals surface area contributed by atoms with Gasteiger partial charge in [0, 0.05) is 10.5 Å². The van der Waals surface area contributed by atoms with Gasteiger partial charge >= 0.3 is 0 Å². The number of rotatable bonds is 4. The van der Waals surface area contributed by atoms with Crippen molar-refractivity contribution in [3.63, 3.8) is 0 Å². The first-order valence-corrected chi connectivity index (χ1v) is 7.12. The Labute approximate surface area is 116 Å². The molecule has 0 amide bonds. The molecule has 2 aromatic rings. The van der Waals surface area contributed by atoms with Gasteiger partial charge in [0.2, 0.25) is 0 Å². The number of benzene rings is 1. The summed E-state index contributed by atoms with van der Waals surface area (Å²) in [5, 5.41) is 3.53. The van der Waals surface area contributed by atoms with Crippen molar-refractivity contribution in [2.75, 3.05) is 0 Å². The van der Waals surface area contributed by atoms with E-state index in [-0.39, 0.29) is 0 Å². The van der Waals surface area contributed by atoms with Crippen molar-refractivity contribution in [2.45, 2.75) is 31.3 Å². The first-order valence-electron chi connectivity index (χ1n) is 6.33. The van der Waals surface area contributed by atoms with Crippen molar-refractivity contribution < 1.29 is 4.42 Å². The fourth-order valence-corrected chi connectivity index (χ4v) is 3.11. The van der Waals surface area contributed by atoms with Crippen LogP contribution in [0.2, 0.25) is 0 Å². The maximum atomic E-state index is 5.31. The van der Waals surface area contributed by atoms with Crippen LogP contribution in [0, 0.1) is 0 Å². The third-order valence-electron chi connectivity index (χ3n) is 3.63. The highest BCUT2D eigenvalue weighted by Gasteiger charge is 2.30. The van der Waals surface area contributed by atoms with Gasteiger partial charge in [-0.1, -0.05) is 34.1 Å². The van der Waals surface area contributed by atoms with E-state index in [0.29, 0.717) is 12.0 Å². The van der Waals surface area contributed by atoms with Gasteiger partial charge in [-0.25, -0.2) is 0 Å². The molecule has 0 spiro atoms. The molecule has 0 bridgehead atoms. The predicted molar refractivity (Wildman–Crippen MR) is 75.5 cm³/mol. The van der Waals surface area contributed by atoms with Crippen molar-refractivity contribution in [1.29, 1.82) is 0 Å². The molecule has 0 aliphatic heterocycles. The maximum Gasteiger partial charge on any atom is 0.117 e. The van der Waals surface area contributed by atoms with E-state index in [1.54, 1.807) is 6.26 Å². The fraction of sp³-hybridized carbons (Fsp3) is 0.333. The molecule has 0 radical (unpaired) electrons. The highest BCUT2D eigenvalue weighted by Crippen LogP contribution is 2.40. The zero-order chi connectivity index (χ0) is 12.4. The number of hydrogen-bond acceptors (Lipinski definition) is 2. The molecule has 1 saturated carbocycles. The number of halogens is 1. The van der Waals surface area contributed by atoms with Crippen LogP contribution in [0.1, 0.15) is 30.1 Å². The molecule has 1 heterocycles. The van der Waals surface area contributed by atoms with E-state index in [0.717, 1.165) is 12.3 Å². The average Bonchev–Trinajstić information content (AvgIpc) is 2.82. The van der Waals surface area contributed by atoms with Gasteiger partial charge in [0.15, 0.2) is 0 Å². The van der Waals surface area contributed by atoms with Crippen LogP contribution in [0.3, 0.4) is 0 Å². The summed E-state index contributed by atoms with van der Waals surface area (Å²) in [7, 11) is 0. The maximum absolute atomic E-state index is 5.31. The fourth-order valence-electron chi connectivity index (χ4n) is 2.50. The van der Waals surface area contributed by atoms with Crippen LogP contribution in [0.15, 0.2) is 51.6 Å². The second-order valence-corrected chi connectivity index (χ2v) is 5.70. The van der Waals surface area contributed by atoms with Gasteiger partial charge in [-0.2, -0.15) is 0 Å². The molecule has 3 rings (SSSR count). The highest BCUT2D eigenvalue weighted by atomic mass is 79.9. The molecule has 94 valence electrons. The highest BCUT2D eigenvalue weighted by molar-refractivity contribution is 9.10. The molecule has 1 aliphatic carbocycles. The van der Waals surface area contributed by atoms with Crippen molar-refractivity contribution >= 4 is 15.9 Å². The zero-order valence-corrected chi connectivity index (χ0v) is 11.7. The van der Waals surface area contributed by atoms with Gasteiger partial charge in [0.05, 0.1) is 12.8 Å². The summed E-state index contributed by atoms with van der Waals surface area (Å²) in [4.78, 5) is 0. The smallest absolute Gasteiger partial charge is 0.117 e. The van der Waals surface area contributed by atoms with E-state index < -0.39 is 0 Å². The molecular formula is C15H16BrNO. The molecule has 2 nitrogen and oxygen atoms in total. The molecular weight excluding hydrogens is 290 g/mol. The Bertz CT molecular complexity index is 503.